The van der Waals surface area contributed by atoms with E-state index in [4.69, 9.17) is 9.47 Å². The Hall–Kier alpha value is -0.610. The molecule has 15 heavy (non-hydrogen) atoms. The minimum atomic E-state index is -0.267. The molecule has 1 amide bonds. The number of carbonyl (C=O) groups is 1. The van der Waals surface area contributed by atoms with Crippen LogP contribution >= 0.6 is 0 Å². The van der Waals surface area contributed by atoms with E-state index in [9.17, 15) is 4.79 Å². The van der Waals surface area contributed by atoms with E-state index in [1.165, 1.54) is 0 Å². The number of rotatable bonds is 8. The second-order valence-corrected chi connectivity index (χ2v) is 4.19. The molecule has 0 saturated heterocycles. The van der Waals surface area contributed by atoms with Gasteiger partial charge in [-0.25, -0.2) is 0 Å². The summed E-state index contributed by atoms with van der Waals surface area (Å²) in [7, 11) is 0. The van der Waals surface area contributed by atoms with Gasteiger partial charge in [-0.05, 0) is 34.6 Å². The van der Waals surface area contributed by atoms with Crippen LogP contribution in [0.1, 0.15) is 41.0 Å². The Morgan fingerprint density at radius 2 is 1.60 bits per heavy atom. The van der Waals surface area contributed by atoms with Crippen LogP contribution in [0.2, 0.25) is 0 Å². The van der Waals surface area contributed by atoms with Crippen LogP contribution in [0, 0.1) is 0 Å². The fourth-order valence-electron chi connectivity index (χ4n) is 1.39. The first-order chi connectivity index (χ1) is 6.95. The largest absolute Gasteiger partial charge is 0.376 e. The van der Waals surface area contributed by atoms with E-state index in [1.54, 1.807) is 0 Å². The molecule has 0 radical (unpaired) electrons. The molecule has 0 saturated carbocycles. The fourth-order valence-corrected chi connectivity index (χ4v) is 1.39. The van der Waals surface area contributed by atoms with Crippen molar-refractivity contribution in [3.8, 4) is 0 Å². The zero-order chi connectivity index (χ0) is 11.8. The topological polar surface area (TPSA) is 47.6 Å². The lowest BCUT2D eigenvalue weighted by Crippen LogP contribution is -2.36. The molecule has 4 heteroatoms. The second kappa shape index (κ2) is 7.65. The molecular formula is C11H23NO3. The van der Waals surface area contributed by atoms with Gasteiger partial charge in [-0.2, -0.15) is 0 Å². The third kappa shape index (κ3) is 8.39. The lowest BCUT2D eigenvalue weighted by Gasteiger charge is -2.24. The molecule has 0 aromatic carbocycles. The molecule has 4 nitrogen and oxygen atoms in total. The van der Waals surface area contributed by atoms with Crippen LogP contribution in [0.4, 0.5) is 0 Å². The Bertz CT molecular complexity index is 171. The summed E-state index contributed by atoms with van der Waals surface area (Å²) in [4.78, 5) is 10.4. The van der Waals surface area contributed by atoms with Crippen LogP contribution in [0.25, 0.3) is 0 Å². The van der Waals surface area contributed by atoms with Crippen LogP contribution in [0.5, 0.6) is 0 Å². The van der Waals surface area contributed by atoms with Crippen molar-refractivity contribution in [1.29, 1.82) is 0 Å². The van der Waals surface area contributed by atoms with Crippen molar-refractivity contribution in [2.75, 3.05) is 0 Å². The normalized spacial score (nSPS) is 15.4. The minimum absolute atomic E-state index is 0.0706. The van der Waals surface area contributed by atoms with Gasteiger partial charge in [0.25, 0.3) is 0 Å². The smallest absolute Gasteiger partial charge is 0.209 e. The van der Waals surface area contributed by atoms with Crippen LogP contribution in [0.3, 0.4) is 0 Å². The monoisotopic (exact) mass is 217 g/mol. The van der Waals surface area contributed by atoms with Gasteiger partial charge in [0.1, 0.15) is 6.23 Å². The van der Waals surface area contributed by atoms with Crippen molar-refractivity contribution in [3.63, 3.8) is 0 Å². The first kappa shape index (κ1) is 14.4. The van der Waals surface area contributed by atoms with Crippen LogP contribution in [-0.2, 0) is 14.3 Å². The molecule has 2 atom stereocenters. The predicted molar refractivity (Wildman–Crippen MR) is 59.5 cm³/mol. The summed E-state index contributed by atoms with van der Waals surface area (Å²) in [5.41, 5.74) is 0. The van der Waals surface area contributed by atoms with E-state index in [0.29, 0.717) is 12.8 Å². The van der Waals surface area contributed by atoms with Crippen LogP contribution in [-0.4, -0.2) is 30.9 Å². The maximum Gasteiger partial charge on any atom is 0.209 e. The molecule has 0 spiro atoms. The van der Waals surface area contributed by atoms with E-state index in [0.717, 1.165) is 0 Å². The molecule has 90 valence electrons. The Labute approximate surface area is 92.3 Å². The van der Waals surface area contributed by atoms with Crippen molar-refractivity contribution in [2.24, 2.45) is 0 Å². The average molecular weight is 217 g/mol. The van der Waals surface area contributed by atoms with E-state index < -0.39 is 0 Å². The highest BCUT2D eigenvalue weighted by atomic mass is 16.5. The molecule has 2 unspecified atom stereocenters. The van der Waals surface area contributed by atoms with E-state index in [2.05, 4.69) is 5.32 Å². The summed E-state index contributed by atoms with van der Waals surface area (Å²) >= 11 is 0. The summed E-state index contributed by atoms with van der Waals surface area (Å²) in [5, 5.41) is 2.64. The van der Waals surface area contributed by atoms with E-state index in [-0.39, 0.29) is 24.5 Å². The van der Waals surface area contributed by atoms with Gasteiger partial charge in [0.15, 0.2) is 0 Å². The third-order valence-electron chi connectivity index (χ3n) is 1.74. The van der Waals surface area contributed by atoms with Gasteiger partial charge in [0.2, 0.25) is 6.41 Å². The maximum atomic E-state index is 10.4. The first-order valence-corrected chi connectivity index (χ1v) is 5.46. The second-order valence-electron chi connectivity index (χ2n) is 4.19. The molecule has 0 aliphatic rings. The average Bonchev–Trinajstić information content (AvgIpc) is 2.00. The summed E-state index contributed by atoms with van der Waals surface area (Å²) in [5.74, 6) is 0. The molecule has 0 rings (SSSR count). The Balaban J connectivity index is 3.97. The highest BCUT2D eigenvalue weighted by Crippen LogP contribution is 2.08. The molecule has 1 N–H and O–H groups in total. The summed E-state index contributed by atoms with van der Waals surface area (Å²) in [6.45, 7) is 9.83. The summed E-state index contributed by atoms with van der Waals surface area (Å²) < 4.78 is 11.1. The van der Waals surface area contributed by atoms with Crippen molar-refractivity contribution < 1.29 is 14.3 Å². The highest BCUT2D eigenvalue weighted by Gasteiger charge is 2.15. The van der Waals surface area contributed by atoms with Crippen LogP contribution in [0.15, 0.2) is 0 Å². The highest BCUT2D eigenvalue weighted by molar-refractivity contribution is 5.46. The standard InChI is InChI=1S/C11H23NO3/c1-8(2)14-10(5)6-11(12-7-13)15-9(3)4/h7-11H,6H2,1-5H3,(H,12,13). The van der Waals surface area contributed by atoms with Crippen molar-refractivity contribution >= 4 is 6.41 Å². The predicted octanol–water partition coefficient (Wildman–Crippen LogP) is 1.69. The van der Waals surface area contributed by atoms with Gasteiger partial charge in [-0.1, -0.05) is 0 Å². The third-order valence-corrected chi connectivity index (χ3v) is 1.74. The van der Waals surface area contributed by atoms with Crippen molar-refractivity contribution in [1.82, 2.24) is 5.32 Å². The van der Waals surface area contributed by atoms with Gasteiger partial charge in [0.05, 0.1) is 18.3 Å². The number of amides is 1. The van der Waals surface area contributed by atoms with Gasteiger partial charge in [-0.15, -0.1) is 0 Å². The maximum absolute atomic E-state index is 10.4. The molecule has 0 bridgehead atoms. The molecular weight excluding hydrogens is 194 g/mol. The zero-order valence-corrected chi connectivity index (χ0v) is 10.3. The number of hydrogen-bond acceptors (Lipinski definition) is 3. The Morgan fingerprint density at radius 3 is 2.00 bits per heavy atom. The molecule has 0 heterocycles. The fraction of sp³-hybridized carbons (Fsp3) is 0.909. The molecule has 0 aliphatic heterocycles. The molecule has 0 aliphatic carbocycles. The number of ether oxygens (including phenoxy) is 2. The van der Waals surface area contributed by atoms with Gasteiger partial charge < -0.3 is 14.8 Å². The SMILES string of the molecule is CC(C)OC(C)CC(NC=O)OC(C)C. The zero-order valence-electron chi connectivity index (χ0n) is 10.3. The van der Waals surface area contributed by atoms with Gasteiger partial charge in [-0.3, -0.25) is 4.79 Å². The van der Waals surface area contributed by atoms with Crippen molar-refractivity contribution in [2.45, 2.75) is 65.6 Å². The van der Waals surface area contributed by atoms with E-state index >= 15 is 0 Å². The molecule has 0 aromatic rings. The Morgan fingerprint density at radius 1 is 1.07 bits per heavy atom. The van der Waals surface area contributed by atoms with Gasteiger partial charge >= 0.3 is 0 Å². The number of carbonyl (C=O) groups excluding carboxylic acids is 1. The molecule has 0 fully saturated rings. The number of nitrogens with one attached hydrogen (secondary N) is 1. The quantitative estimate of drug-likeness (QED) is 0.497. The minimum Gasteiger partial charge on any atom is -0.376 e. The lowest BCUT2D eigenvalue weighted by molar-refractivity contribution is -0.117. The molecule has 0 aromatic heterocycles. The summed E-state index contributed by atoms with van der Waals surface area (Å²) in [6.07, 6.45) is 1.41. The Kier molecular flexibility index (Phi) is 7.34. The van der Waals surface area contributed by atoms with Crippen molar-refractivity contribution in [3.05, 3.63) is 0 Å². The van der Waals surface area contributed by atoms with Gasteiger partial charge in [0, 0.05) is 6.42 Å². The first-order valence-electron chi connectivity index (χ1n) is 5.46. The van der Waals surface area contributed by atoms with Crippen LogP contribution < -0.4 is 5.32 Å². The lowest BCUT2D eigenvalue weighted by atomic mass is 10.2. The summed E-state index contributed by atoms with van der Waals surface area (Å²) in [6, 6.07) is 0. The number of hydrogen-bond donors (Lipinski definition) is 1. The van der Waals surface area contributed by atoms with E-state index in [1.807, 2.05) is 34.6 Å².